The van der Waals surface area contributed by atoms with Crippen molar-refractivity contribution in [1.29, 1.82) is 5.41 Å². The highest BCUT2D eigenvalue weighted by Crippen LogP contribution is 2.25. The Morgan fingerprint density at radius 2 is 1.83 bits per heavy atom. The highest BCUT2D eigenvalue weighted by atomic mass is 19.3. The van der Waals surface area contributed by atoms with Gasteiger partial charge in [-0.05, 0) is 36.5 Å². The van der Waals surface area contributed by atoms with Crippen molar-refractivity contribution < 1.29 is 23.0 Å². The van der Waals surface area contributed by atoms with Crippen LogP contribution in [-0.2, 0) is 9.53 Å². The van der Waals surface area contributed by atoms with Crippen LogP contribution in [0, 0.1) is 5.41 Å². The first-order valence-electron chi connectivity index (χ1n) is 8.66. The van der Waals surface area contributed by atoms with E-state index in [9.17, 15) is 13.6 Å². The molecular weight excluding hydrogens is 394 g/mol. The van der Waals surface area contributed by atoms with Crippen LogP contribution in [0.4, 0.5) is 20.2 Å². The number of nitrogens with one attached hydrogen (secondary N) is 2. The Hall–Kier alpha value is -4.01. The van der Waals surface area contributed by atoms with Crippen LogP contribution in [0.5, 0.6) is 5.75 Å². The highest BCUT2D eigenvalue weighted by Gasteiger charge is 2.20. The maximum absolute atomic E-state index is 12.7. The number of anilines is 1. The SMILES string of the molecule is COC(=CNc1ccccc1OC(F)F)C(=O)C(=N)C(C=CN)=Nc1ccccc1. The van der Waals surface area contributed by atoms with E-state index in [0.29, 0.717) is 5.69 Å². The van der Waals surface area contributed by atoms with Crippen molar-refractivity contribution in [2.45, 2.75) is 6.61 Å². The molecule has 2 aromatic rings. The number of aliphatic imine (C=N–C) groups is 1. The number of hydrogen-bond donors (Lipinski definition) is 3. The molecule has 0 radical (unpaired) electrons. The molecule has 0 saturated heterocycles. The van der Waals surface area contributed by atoms with Gasteiger partial charge in [-0.1, -0.05) is 30.3 Å². The van der Waals surface area contributed by atoms with Gasteiger partial charge in [0.2, 0.25) is 5.78 Å². The molecule has 0 spiro atoms. The molecule has 9 heteroatoms. The lowest BCUT2D eigenvalue weighted by molar-refractivity contribution is -0.112. The molecular formula is C21H20F2N4O3. The summed E-state index contributed by atoms with van der Waals surface area (Å²) >= 11 is 0. The monoisotopic (exact) mass is 414 g/mol. The van der Waals surface area contributed by atoms with Gasteiger partial charge in [0.25, 0.3) is 0 Å². The number of allylic oxidation sites excluding steroid dienone is 2. The van der Waals surface area contributed by atoms with E-state index in [-0.39, 0.29) is 22.9 Å². The fraction of sp³-hybridized carbons (Fsp3) is 0.0952. The molecule has 30 heavy (non-hydrogen) atoms. The van der Waals surface area contributed by atoms with Crippen LogP contribution in [0.15, 0.2) is 83.8 Å². The van der Waals surface area contributed by atoms with E-state index in [4.69, 9.17) is 15.9 Å². The van der Waals surface area contributed by atoms with Gasteiger partial charge in [-0.25, -0.2) is 4.99 Å². The lowest BCUT2D eigenvalue weighted by Gasteiger charge is -2.11. The summed E-state index contributed by atoms with van der Waals surface area (Å²) in [5, 5.41) is 10.9. The summed E-state index contributed by atoms with van der Waals surface area (Å²) in [5.74, 6) is -1.14. The number of methoxy groups -OCH3 is 1. The molecule has 0 aliphatic carbocycles. The minimum atomic E-state index is -3.01. The molecule has 0 bridgehead atoms. The van der Waals surface area contributed by atoms with Crippen LogP contribution in [-0.4, -0.2) is 30.9 Å². The number of benzene rings is 2. The number of carbonyl (C=O) groups excluding carboxylic acids is 1. The summed E-state index contributed by atoms with van der Waals surface area (Å²) < 4.78 is 34.6. The molecule has 0 amide bonds. The number of para-hydroxylation sites is 3. The zero-order chi connectivity index (χ0) is 21.9. The molecule has 2 rings (SSSR count). The zero-order valence-electron chi connectivity index (χ0n) is 16.0. The number of ketones is 1. The first kappa shape index (κ1) is 22.3. The summed E-state index contributed by atoms with van der Waals surface area (Å²) in [4.78, 5) is 16.9. The highest BCUT2D eigenvalue weighted by molar-refractivity contribution is 6.71. The van der Waals surface area contributed by atoms with E-state index in [1.54, 1.807) is 36.4 Å². The van der Waals surface area contributed by atoms with Crippen molar-refractivity contribution >= 4 is 28.6 Å². The molecule has 0 unspecified atom stereocenters. The van der Waals surface area contributed by atoms with Crippen molar-refractivity contribution in [2.24, 2.45) is 10.7 Å². The van der Waals surface area contributed by atoms with Crippen molar-refractivity contribution in [3.63, 3.8) is 0 Å². The Kier molecular flexibility index (Phi) is 8.25. The second kappa shape index (κ2) is 11.1. The first-order valence-corrected chi connectivity index (χ1v) is 8.66. The smallest absolute Gasteiger partial charge is 0.387 e. The van der Waals surface area contributed by atoms with Crippen molar-refractivity contribution in [3.05, 3.63) is 78.8 Å². The molecule has 0 aliphatic rings. The minimum absolute atomic E-state index is 0.0260. The lowest BCUT2D eigenvalue weighted by Crippen LogP contribution is -2.25. The number of rotatable bonds is 10. The Morgan fingerprint density at radius 1 is 1.17 bits per heavy atom. The molecule has 0 heterocycles. The van der Waals surface area contributed by atoms with Gasteiger partial charge in [-0.15, -0.1) is 0 Å². The van der Waals surface area contributed by atoms with Crippen LogP contribution < -0.4 is 15.8 Å². The van der Waals surface area contributed by atoms with Crippen LogP contribution in [0.1, 0.15) is 0 Å². The van der Waals surface area contributed by atoms with Gasteiger partial charge < -0.3 is 20.5 Å². The number of ether oxygens (including phenoxy) is 2. The third kappa shape index (κ3) is 6.26. The molecule has 0 aromatic heterocycles. The molecule has 0 atom stereocenters. The second-order valence-electron chi connectivity index (χ2n) is 5.63. The predicted molar refractivity (Wildman–Crippen MR) is 111 cm³/mol. The largest absolute Gasteiger partial charge is 0.491 e. The summed E-state index contributed by atoms with van der Waals surface area (Å²) in [6, 6.07) is 14.7. The van der Waals surface area contributed by atoms with Crippen LogP contribution in [0.2, 0.25) is 0 Å². The minimum Gasteiger partial charge on any atom is -0.491 e. The number of carbonyl (C=O) groups is 1. The number of nitrogens with zero attached hydrogens (tertiary/aromatic N) is 1. The van der Waals surface area contributed by atoms with E-state index in [0.717, 1.165) is 12.4 Å². The predicted octanol–water partition coefficient (Wildman–Crippen LogP) is 4.02. The van der Waals surface area contributed by atoms with Crippen molar-refractivity contribution in [3.8, 4) is 5.75 Å². The van der Waals surface area contributed by atoms with Gasteiger partial charge in [0, 0.05) is 6.20 Å². The average molecular weight is 414 g/mol. The summed E-state index contributed by atoms with van der Waals surface area (Å²) in [6.07, 6.45) is 3.63. The molecule has 0 aliphatic heterocycles. The zero-order valence-corrected chi connectivity index (χ0v) is 16.0. The Morgan fingerprint density at radius 3 is 2.47 bits per heavy atom. The maximum Gasteiger partial charge on any atom is 0.387 e. The van der Waals surface area contributed by atoms with Gasteiger partial charge in [0.05, 0.1) is 24.2 Å². The van der Waals surface area contributed by atoms with Gasteiger partial charge in [0.15, 0.2) is 5.76 Å². The quantitative estimate of drug-likeness (QED) is 0.309. The summed E-state index contributed by atoms with van der Waals surface area (Å²) in [5.41, 5.74) is 5.70. The standard InChI is InChI=1S/C21H20F2N4O3/c1-29-18(13-26-15-9-5-6-10-17(15)30-21(22)23)20(28)19(25)16(11-12-24)27-14-7-3-2-4-8-14/h2-13,21,25-26H,24H2,1H3. The van der Waals surface area contributed by atoms with Gasteiger partial charge in [0.1, 0.15) is 11.5 Å². The van der Waals surface area contributed by atoms with Gasteiger partial charge in [-0.3, -0.25) is 10.2 Å². The molecule has 0 saturated carbocycles. The van der Waals surface area contributed by atoms with E-state index in [1.165, 1.54) is 31.4 Å². The van der Waals surface area contributed by atoms with Crippen LogP contribution in [0.25, 0.3) is 0 Å². The molecule has 7 nitrogen and oxygen atoms in total. The third-order valence-electron chi connectivity index (χ3n) is 3.65. The summed E-state index contributed by atoms with van der Waals surface area (Å²) in [6.45, 7) is -3.01. The fourth-order valence-corrected chi connectivity index (χ4v) is 2.29. The topological polar surface area (TPSA) is 110 Å². The molecule has 0 fully saturated rings. The van der Waals surface area contributed by atoms with E-state index in [1.807, 2.05) is 0 Å². The normalized spacial score (nSPS) is 12.1. The average Bonchev–Trinajstić information content (AvgIpc) is 2.74. The maximum atomic E-state index is 12.7. The van der Waals surface area contributed by atoms with E-state index < -0.39 is 18.1 Å². The van der Waals surface area contributed by atoms with E-state index >= 15 is 0 Å². The first-order chi connectivity index (χ1) is 14.5. The van der Waals surface area contributed by atoms with Crippen LogP contribution in [0.3, 0.4) is 0 Å². The molecule has 2 aromatic carbocycles. The van der Waals surface area contributed by atoms with Gasteiger partial charge >= 0.3 is 6.61 Å². The van der Waals surface area contributed by atoms with Crippen molar-refractivity contribution in [2.75, 3.05) is 12.4 Å². The van der Waals surface area contributed by atoms with Gasteiger partial charge in [-0.2, -0.15) is 8.78 Å². The summed E-state index contributed by atoms with van der Waals surface area (Å²) in [7, 11) is 1.24. The Bertz CT molecular complexity index is 973. The fourth-order valence-electron chi connectivity index (χ4n) is 2.29. The number of Topliss-reactive ketones (excluding diaryl/α,β-unsaturated/α-hetero) is 1. The van der Waals surface area contributed by atoms with Crippen LogP contribution >= 0.6 is 0 Å². The number of alkyl halides is 2. The lowest BCUT2D eigenvalue weighted by atomic mass is 10.1. The van der Waals surface area contributed by atoms with Crippen molar-refractivity contribution in [1.82, 2.24) is 0 Å². The Labute approximate surface area is 172 Å². The van der Waals surface area contributed by atoms with E-state index in [2.05, 4.69) is 15.0 Å². The second-order valence-corrected chi connectivity index (χ2v) is 5.63. The Balaban J connectivity index is 2.26. The third-order valence-corrected chi connectivity index (χ3v) is 3.65. The number of halogens is 2. The molecule has 156 valence electrons. The number of hydrogen-bond acceptors (Lipinski definition) is 7. The molecule has 4 N–H and O–H groups in total. The number of nitrogens with two attached hydrogens (primary N) is 1.